The molecule has 0 fully saturated rings. The van der Waals surface area contributed by atoms with Gasteiger partial charge in [-0.2, -0.15) is 0 Å². The van der Waals surface area contributed by atoms with Crippen molar-refractivity contribution in [2.45, 2.75) is 135 Å². The molecule has 0 heterocycles. The molecule has 3 N–H and O–H groups in total. The lowest BCUT2D eigenvalue weighted by atomic mass is 9.52. The number of hydrogen-bond donors (Lipinski definition) is 3. The molecule has 0 aromatic heterocycles. The van der Waals surface area contributed by atoms with Gasteiger partial charge in [-0.3, -0.25) is 0 Å². The zero-order chi connectivity index (χ0) is 23.9. The van der Waals surface area contributed by atoms with Gasteiger partial charge in [0.2, 0.25) is 0 Å². The predicted octanol–water partition coefficient (Wildman–Crippen LogP) is 6.44. The summed E-state index contributed by atoms with van der Waals surface area (Å²) in [5, 5.41) is 33.7. The molecule has 0 bridgehead atoms. The van der Waals surface area contributed by atoms with E-state index in [4.69, 9.17) is 0 Å². The molecule has 0 spiro atoms. The Balaban J connectivity index is 5.83. The number of aliphatic hydroxyl groups is 3. The third-order valence-electron chi connectivity index (χ3n) is 8.55. The van der Waals surface area contributed by atoms with Crippen LogP contribution in [0.3, 0.4) is 0 Å². The van der Waals surface area contributed by atoms with E-state index in [0.29, 0.717) is 6.42 Å². The van der Waals surface area contributed by atoms with Gasteiger partial charge in [0.15, 0.2) is 0 Å². The van der Waals surface area contributed by atoms with Gasteiger partial charge < -0.3 is 15.3 Å². The van der Waals surface area contributed by atoms with Crippen LogP contribution in [0.15, 0.2) is 0 Å². The second kappa shape index (κ2) is 8.79. The van der Waals surface area contributed by atoms with Gasteiger partial charge in [0.25, 0.3) is 0 Å². The first-order valence-corrected chi connectivity index (χ1v) is 11.5. The maximum atomic E-state index is 11.5. The quantitative estimate of drug-likeness (QED) is 0.407. The molecule has 0 rings (SSSR count). The molecule has 4 atom stereocenters. The van der Waals surface area contributed by atoms with Crippen molar-refractivity contribution in [3.63, 3.8) is 0 Å². The minimum Gasteiger partial charge on any atom is -0.393 e. The van der Waals surface area contributed by atoms with E-state index in [-0.39, 0.29) is 21.7 Å². The van der Waals surface area contributed by atoms with Crippen LogP contribution >= 0.6 is 0 Å². The lowest BCUT2D eigenvalue weighted by molar-refractivity contribution is -0.161. The maximum absolute atomic E-state index is 11.5. The fourth-order valence-electron chi connectivity index (χ4n) is 4.63. The zero-order valence-corrected chi connectivity index (χ0v) is 22.2. The second-order valence-corrected chi connectivity index (χ2v) is 13.9. The SMILES string of the molecule is CCC(C)(C(O)C(C)(C)C)C(C)(C)C(O)CC(C)(C)C(C)(C)C(O)CC(C)(C)C. The summed E-state index contributed by atoms with van der Waals surface area (Å²) in [4.78, 5) is 0. The molecule has 0 aliphatic carbocycles. The van der Waals surface area contributed by atoms with E-state index in [1.807, 2.05) is 0 Å². The van der Waals surface area contributed by atoms with Crippen molar-refractivity contribution >= 4 is 0 Å². The largest absolute Gasteiger partial charge is 0.393 e. The second-order valence-electron chi connectivity index (χ2n) is 13.9. The Morgan fingerprint density at radius 1 is 0.586 bits per heavy atom. The van der Waals surface area contributed by atoms with Gasteiger partial charge in [0.05, 0.1) is 18.3 Å². The first-order valence-electron chi connectivity index (χ1n) is 11.5. The van der Waals surface area contributed by atoms with Crippen molar-refractivity contribution in [2.24, 2.45) is 32.5 Å². The summed E-state index contributed by atoms with van der Waals surface area (Å²) in [6.45, 7) is 29.6. The molecule has 0 saturated carbocycles. The van der Waals surface area contributed by atoms with E-state index >= 15 is 0 Å². The Morgan fingerprint density at radius 3 is 1.28 bits per heavy atom. The Hall–Kier alpha value is -0.120. The van der Waals surface area contributed by atoms with Crippen LogP contribution in [0.4, 0.5) is 0 Å². The van der Waals surface area contributed by atoms with Crippen molar-refractivity contribution in [2.75, 3.05) is 0 Å². The Labute approximate surface area is 182 Å². The molecule has 3 heteroatoms. The highest BCUT2D eigenvalue weighted by Gasteiger charge is 2.54. The molecule has 0 aliphatic heterocycles. The number of hydrogen-bond acceptors (Lipinski definition) is 3. The van der Waals surface area contributed by atoms with Gasteiger partial charge in [-0.05, 0) is 46.3 Å². The highest BCUT2D eigenvalue weighted by molar-refractivity contribution is 5.03. The standard InChI is InChI=1S/C26H54O3/c1-15-26(14,20(29)22(5,6)7)25(12,13)19(28)17-23(8,9)24(10,11)18(27)16-21(2,3)4/h18-20,27-29H,15-17H2,1-14H3. The smallest absolute Gasteiger partial charge is 0.0647 e. The van der Waals surface area contributed by atoms with Gasteiger partial charge >= 0.3 is 0 Å². The van der Waals surface area contributed by atoms with Crippen molar-refractivity contribution in [3.8, 4) is 0 Å². The van der Waals surface area contributed by atoms with Gasteiger partial charge in [-0.1, -0.05) is 96.9 Å². The molecule has 0 amide bonds. The van der Waals surface area contributed by atoms with Gasteiger partial charge in [-0.15, -0.1) is 0 Å². The van der Waals surface area contributed by atoms with Crippen molar-refractivity contribution < 1.29 is 15.3 Å². The van der Waals surface area contributed by atoms with E-state index in [2.05, 4.69) is 96.9 Å². The highest BCUT2D eigenvalue weighted by Crippen LogP contribution is 2.55. The summed E-state index contributed by atoms with van der Waals surface area (Å²) in [5.74, 6) is 0. The summed E-state index contributed by atoms with van der Waals surface area (Å²) in [6, 6.07) is 0. The fourth-order valence-corrected chi connectivity index (χ4v) is 4.63. The first-order chi connectivity index (χ1) is 12.5. The topological polar surface area (TPSA) is 60.7 Å². The van der Waals surface area contributed by atoms with Crippen LogP contribution in [-0.4, -0.2) is 33.6 Å². The average Bonchev–Trinajstić information content (AvgIpc) is 2.49. The Kier molecular flexibility index (Phi) is 8.75. The molecule has 176 valence electrons. The molecule has 4 unspecified atom stereocenters. The summed E-state index contributed by atoms with van der Waals surface area (Å²) in [5.41, 5.74) is -1.79. The van der Waals surface area contributed by atoms with Crippen molar-refractivity contribution in [1.82, 2.24) is 0 Å². The van der Waals surface area contributed by atoms with Crippen LogP contribution in [0.25, 0.3) is 0 Å². The average molecular weight is 415 g/mol. The van der Waals surface area contributed by atoms with Crippen LogP contribution in [0, 0.1) is 32.5 Å². The fraction of sp³-hybridized carbons (Fsp3) is 1.00. The van der Waals surface area contributed by atoms with Gasteiger partial charge in [0.1, 0.15) is 0 Å². The molecular formula is C26H54O3. The molecule has 0 aromatic rings. The van der Waals surface area contributed by atoms with Gasteiger partial charge in [-0.25, -0.2) is 0 Å². The first kappa shape index (κ1) is 28.9. The molecular weight excluding hydrogens is 360 g/mol. The molecule has 0 aliphatic rings. The van der Waals surface area contributed by atoms with Crippen LogP contribution in [0.5, 0.6) is 0 Å². The number of rotatable bonds is 9. The summed E-state index contributed by atoms with van der Waals surface area (Å²) in [7, 11) is 0. The molecule has 3 nitrogen and oxygen atoms in total. The predicted molar refractivity (Wildman–Crippen MR) is 126 cm³/mol. The van der Waals surface area contributed by atoms with Crippen LogP contribution in [0.1, 0.15) is 116 Å². The summed E-state index contributed by atoms with van der Waals surface area (Å²) in [6.07, 6.45) is 0.489. The minimum atomic E-state index is -0.597. The third kappa shape index (κ3) is 6.20. The molecule has 0 aromatic carbocycles. The Morgan fingerprint density at radius 2 is 0.966 bits per heavy atom. The van der Waals surface area contributed by atoms with E-state index in [1.165, 1.54) is 0 Å². The molecule has 29 heavy (non-hydrogen) atoms. The maximum Gasteiger partial charge on any atom is 0.0647 e. The van der Waals surface area contributed by atoms with E-state index in [0.717, 1.165) is 12.8 Å². The van der Waals surface area contributed by atoms with Crippen LogP contribution in [-0.2, 0) is 0 Å². The van der Waals surface area contributed by atoms with Crippen molar-refractivity contribution in [1.29, 1.82) is 0 Å². The van der Waals surface area contributed by atoms with Gasteiger partial charge in [0, 0.05) is 5.41 Å². The minimum absolute atomic E-state index is 0.0439. The zero-order valence-electron chi connectivity index (χ0n) is 22.2. The normalized spacial score (nSPS) is 20.2. The number of aliphatic hydroxyl groups excluding tert-OH is 3. The van der Waals surface area contributed by atoms with Crippen LogP contribution in [0.2, 0.25) is 0 Å². The summed E-state index contributed by atoms with van der Waals surface area (Å²) >= 11 is 0. The summed E-state index contributed by atoms with van der Waals surface area (Å²) < 4.78 is 0. The lowest BCUT2D eigenvalue weighted by Gasteiger charge is -2.55. The monoisotopic (exact) mass is 414 g/mol. The molecule has 0 saturated heterocycles. The van der Waals surface area contributed by atoms with Crippen molar-refractivity contribution in [3.05, 3.63) is 0 Å². The van der Waals surface area contributed by atoms with E-state index in [1.54, 1.807) is 0 Å². The Bertz CT molecular complexity index is 519. The molecule has 0 radical (unpaired) electrons. The lowest BCUT2D eigenvalue weighted by Crippen LogP contribution is -2.56. The van der Waals surface area contributed by atoms with E-state index < -0.39 is 29.1 Å². The van der Waals surface area contributed by atoms with Crippen LogP contribution < -0.4 is 0 Å². The highest BCUT2D eigenvalue weighted by atomic mass is 16.3. The van der Waals surface area contributed by atoms with E-state index in [9.17, 15) is 15.3 Å². The third-order valence-corrected chi connectivity index (χ3v) is 8.55.